The number of anilines is 1. The smallest absolute Gasteiger partial charge is 0.128 e. The third-order valence-corrected chi connectivity index (χ3v) is 3.61. The molecule has 0 aliphatic carbocycles. The molecule has 0 unspecified atom stereocenters. The molecule has 0 aliphatic heterocycles. The van der Waals surface area contributed by atoms with Crippen molar-refractivity contribution in [3.05, 3.63) is 57.7 Å². The van der Waals surface area contributed by atoms with E-state index in [4.69, 9.17) is 28.9 Å². The summed E-state index contributed by atoms with van der Waals surface area (Å²) in [5, 5.41) is 1.35. The fourth-order valence-corrected chi connectivity index (χ4v) is 2.17. The van der Waals surface area contributed by atoms with Crippen LogP contribution in [0.4, 0.5) is 5.82 Å². The topological polar surface area (TPSA) is 42.1 Å². The highest BCUT2D eigenvalue weighted by atomic mass is 35.5. The molecule has 2 N–H and O–H groups in total. The molecule has 0 spiro atoms. The Morgan fingerprint density at radius 3 is 2.58 bits per heavy atom. The van der Waals surface area contributed by atoms with E-state index in [9.17, 15) is 0 Å². The maximum absolute atomic E-state index is 6.15. The molecule has 0 amide bonds. The van der Waals surface area contributed by atoms with Gasteiger partial charge < -0.3 is 10.6 Å². The Hall–Kier alpha value is -1.29. The molecule has 1 aromatic heterocycles. The van der Waals surface area contributed by atoms with E-state index >= 15 is 0 Å². The van der Waals surface area contributed by atoms with E-state index in [-0.39, 0.29) is 0 Å². The van der Waals surface area contributed by atoms with Crippen LogP contribution in [-0.2, 0) is 13.1 Å². The normalized spacial score (nSPS) is 10.5. The maximum atomic E-state index is 6.15. The zero-order valence-electron chi connectivity index (χ0n) is 10.6. The second kappa shape index (κ2) is 6.24. The van der Waals surface area contributed by atoms with Crippen LogP contribution in [0, 0.1) is 0 Å². The summed E-state index contributed by atoms with van der Waals surface area (Å²) in [7, 11) is 1.96. The molecule has 2 aromatic rings. The Morgan fingerprint density at radius 2 is 1.89 bits per heavy atom. The Morgan fingerprint density at radius 1 is 1.16 bits per heavy atom. The van der Waals surface area contributed by atoms with Gasteiger partial charge in [-0.25, -0.2) is 4.98 Å². The Labute approximate surface area is 123 Å². The minimum atomic E-state index is 0.397. The van der Waals surface area contributed by atoms with Crippen LogP contribution in [0.15, 0.2) is 36.5 Å². The fraction of sp³-hybridized carbons (Fsp3) is 0.214. The van der Waals surface area contributed by atoms with Crippen molar-refractivity contribution in [2.45, 2.75) is 13.1 Å². The number of aromatic nitrogens is 1. The summed E-state index contributed by atoms with van der Waals surface area (Å²) in [6.07, 6.45) is 1.63. The highest BCUT2D eigenvalue weighted by Crippen LogP contribution is 2.22. The minimum Gasteiger partial charge on any atom is -0.355 e. The van der Waals surface area contributed by atoms with E-state index in [1.165, 1.54) is 0 Å². The van der Waals surface area contributed by atoms with E-state index in [0.717, 1.165) is 22.0 Å². The molecule has 100 valence electrons. The zero-order valence-corrected chi connectivity index (χ0v) is 12.1. The molecule has 1 aromatic carbocycles. The van der Waals surface area contributed by atoms with Gasteiger partial charge in [-0.1, -0.05) is 41.4 Å². The minimum absolute atomic E-state index is 0.397. The highest BCUT2D eigenvalue weighted by Gasteiger charge is 2.08. The molecule has 5 heteroatoms. The van der Waals surface area contributed by atoms with Gasteiger partial charge in [0.05, 0.1) is 5.02 Å². The van der Waals surface area contributed by atoms with Crippen LogP contribution >= 0.6 is 23.2 Å². The zero-order chi connectivity index (χ0) is 13.8. The summed E-state index contributed by atoms with van der Waals surface area (Å²) < 4.78 is 0. The lowest BCUT2D eigenvalue weighted by atomic mass is 10.2. The van der Waals surface area contributed by atoms with Crippen molar-refractivity contribution >= 4 is 29.0 Å². The lowest BCUT2D eigenvalue weighted by Gasteiger charge is -2.19. The van der Waals surface area contributed by atoms with Gasteiger partial charge in [0.25, 0.3) is 0 Å². The predicted octanol–water partition coefficient (Wildman–Crippen LogP) is 3.48. The van der Waals surface area contributed by atoms with Gasteiger partial charge in [0.2, 0.25) is 0 Å². The van der Waals surface area contributed by atoms with Crippen molar-refractivity contribution in [1.82, 2.24) is 4.98 Å². The SMILES string of the molecule is CN(Cc1ccccc1Cl)c1cc(CN)c(Cl)cn1. The third-order valence-electron chi connectivity index (χ3n) is 2.90. The van der Waals surface area contributed by atoms with Gasteiger partial charge >= 0.3 is 0 Å². The Balaban J connectivity index is 2.20. The van der Waals surface area contributed by atoms with Crippen molar-refractivity contribution in [3.63, 3.8) is 0 Å². The number of halogens is 2. The number of pyridine rings is 1. The standard InChI is InChI=1S/C14H15Cl2N3/c1-19(9-10-4-2-3-5-12(10)15)14-6-11(7-17)13(16)8-18-14/h2-6,8H,7,9,17H2,1H3. The van der Waals surface area contributed by atoms with Crippen molar-refractivity contribution in [1.29, 1.82) is 0 Å². The fourth-order valence-electron chi connectivity index (χ4n) is 1.80. The maximum Gasteiger partial charge on any atom is 0.128 e. The second-order valence-corrected chi connectivity index (χ2v) is 5.10. The van der Waals surface area contributed by atoms with Crippen LogP contribution in [-0.4, -0.2) is 12.0 Å². The Kier molecular flexibility index (Phi) is 4.64. The summed E-state index contributed by atoms with van der Waals surface area (Å²) in [4.78, 5) is 6.32. The number of nitrogens with zero attached hydrogens (tertiary/aromatic N) is 2. The van der Waals surface area contributed by atoms with E-state index < -0.39 is 0 Å². The number of nitrogens with two attached hydrogens (primary N) is 1. The third kappa shape index (κ3) is 3.38. The van der Waals surface area contributed by atoms with E-state index in [1.54, 1.807) is 6.20 Å². The van der Waals surface area contributed by atoms with Gasteiger partial charge in [0.15, 0.2) is 0 Å². The number of hydrogen-bond donors (Lipinski definition) is 1. The summed E-state index contributed by atoms with van der Waals surface area (Å²) in [6, 6.07) is 9.66. The summed E-state index contributed by atoms with van der Waals surface area (Å²) in [5.74, 6) is 0.824. The van der Waals surface area contributed by atoms with Gasteiger partial charge in [-0.15, -0.1) is 0 Å². The van der Waals surface area contributed by atoms with E-state index in [2.05, 4.69) is 4.98 Å². The molecule has 0 aliphatic rings. The molecule has 0 fully saturated rings. The first kappa shape index (κ1) is 14.1. The van der Waals surface area contributed by atoms with Crippen molar-refractivity contribution in [3.8, 4) is 0 Å². The molecule has 1 heterocycles. The van der Waals surface area contributed by atoms with E-state index in [0.29, 0.717) is 18.1 Å². The van der Waals surface area contributed by atoms with Crippen LogP contribution in [0.5, 0.6) is 0 Å². The Bertz CT molecular complexity index is 572. The van der Waals surface area contributed by atoms with Gasteiger partial charge in [-0.05, 0) is 23.3 Å². The second-order valence-electron chi connectivity index (χ2n) is 4.29. The molecule has 19 heavy (non-hydrogen) atoms. The first-order chi connectivity index (χ1) is 9.11. The highest BCUT2D eigenvalue weighted by molar-refractivity contribution is 6.31. The molecule has 0 radical (unpaired) electrons. The average Bonchev–Trinajstić information content (AvgIpc) is 2.42. The predicted molar refractivity (Wildman–Crippen MR) is 80.7 cm³/mol. The first-order valence-electron chi connectivity index (χ1n) is 5.91. The van der Waals surface area contributed by atoms with Crippen LogP contribution in [0.25, 0.3) is 0 Å². The van der Waals surface area contributed by atoms with Gasteiger partial charge in [0, 0.05) is 31.4 Å². The quantitative estimate of drug-likeness (QED) is 0.939. The number of rotatable bonds is 4. The molecule has 0 bridgehead atoms. The van der Waals surface area contributed by atoms with Crippen LogP contribution in [0.3, 0.4) is 0 Å². The van der Waals surface area contributed by atoms with Gasteiger partial charge in [-0.2, -0.15) is 0 Å². The number of benzene rings is 1. The molecule has 2 rings (SSSR count). The molecular weight excluding hydrogens is 281 g/mol. The van der Waals surface area contributed by atoms with Crippen molar-refractivity contribution in [2.24, 2.45) is 5.73 Å². The van der Waals surface area contributed by atoms with E-state index in [1.807, 2.05) is 42.3 Å². The summed E-state index contributed by atoms with van der Waals surface area (Å²) in [6.45, 7) is 1.08. The van der Waals surface area contributed by atoms with Crippen LogP contribution in [0.2, 0.25) is 10.0 Å². The molecule has 0 atom stereocenters. The lowest BCUT2D eigenvalue weighted by Crippen LogP contribution is -2.18. The molecule has 0 saturated carbocycles. The van der Waals surface area contributed by atoms with Gasteiger partial charge in [0.1, 0.15) is 5.82 Å². The summed E-state index contributed by atoms with van der Waals surface area (Å²) >= 11 is 12.2. The van der Waals surface area contributed by atoms with Crippen molar-refractivity contribution < 1.29 is 0 Å². The number of hydrogen-bond acceptors (Lipinski definition) is 3. The molecule has 0 saturated heterocycles. The van der Waals surface area contributed by atoms with Crippen LogP contribution in [0.1, 0.15) is 11.1 Å². The monoisotopic (exact) mass is 295 g/mol. The van der Waals surface area contributed by atoms with Crippen molar-refractivity contribution in [2.75, 3.05) is 11.9 Å². The molecule has 3 nitrogen and oxygen atoms in total. The average molecular weight is 296 g/mol. The largest absolute Gasteiger partial charge is 0.355 e. The summed E-state index contributed by atoms with van der Waals surface area (Å²) in [5.41, 5.74) is 7.58. The first-order valence-corrected chi connectivity index (χ1v) is 6.66. The lowest BCUT2D eigenvalue weighted by molar-refractivity contribution is 0.892. The van der Waals surface area contributed by atoms with Crippen LogP contribution < -0.4 is 10.6 Å². The van der Waals surface area contributed by atoms with Gasteiger partial charge in [-0.3, -0.25) is 0 Å². The molecular formula is C14H15Cl2N3.